The van der Waals surface area contributed by atoms with Gasteiger partial charge in [0.1, 0.15) is 5.41 Å². The minimum absolute atomic E-state index is 0.139. The van der Waals surface area contributed by atoms with Crippen LogP contribution in [0.5, 0.6) is 0 Å². The second kappa shape index (κ2) is 5.93. The molecule has 1 rings (SSSR count). The predicted octanol–water partition coefficient (Wildman–Crippen LogP) is 7.08. The third-order valence-electron chi connectivity index (χ3n) is 6.47. The van der Waals surface area contributed by atoms with Gasteiger partial charge in [0, 0.05) is 0 Å². The summed E-state index contributed by atoms with van der Waals surface area (Å²) in [6.07, 6.45) is 1.28. The minimum Gasteiger partial charge on any atom is -0.231 e. The molecular formula is C21H27F5. The van der Waals surface area contributed by atoms with Crippen LogP contribution in [-0.2, 0) is 0 Å². The van der Waals surface area contributed by atoms with Crippen LogP contribution in [0.1, 0.15) is 34.1 Å². The van der Waals surface area contributed by atoms with Gasteiger partial charge in [-0.3, -0.25) is 0 Å². The van der Waals surface area contributed by atoms with Gasteiger partial charge in [0.2, 0.25) is 5.67 Å². The number of alkyl halides is 5. The van der Waals surface area contributed by atoms with Crippen LogP contribution in [0, 0.1) is 16.2 Å². The Bertz CT molecular complexity index is 676. The van der Waals surface area contributed by atoms with Crippen molar-refractivity contribution in [1.29, 1.82) is 0 Å². The zero-order valence-electron chi connectivity index (χ0n) is 15.9. The van der Waals surface area contributed by atoms with Crippen LogP contribution in [0.2, 0.25) is 0 Å². The SMILES string of the molecule is C=CC1(C)C(F)(F)C(F)(C=C)C(C=C)(C(=C)C)C(CC)(C(=C)C)C1(F)F. The van der Waals surface area contributed by atoms with Gasteiger partial charge >= 0.3 is 5.92 Å². The van der Waals surface area contributed by atoms with Gasteiger partial charge in [-0.1, -0.05) is 50.0 Å². The molecular weight excluding hydrogens is 347 g/mol. The summed E-state index contributed by atoms with van der Waals surface area (Å²) < 4.78 is 79.1. The van der Waals surface area contributed by atoms with E-state index >= 15 is 22.0 Å². The van der Waals surface area contributed by atoms with Crippen molar-refractivity contribution in [3.8, 4) is 0 Å². The van der Waals surface area contributed by atoms with Crippen molar-refractivity contribution in [2.45, 2.75) is 51.6 Å². The first-order valence-electron chi connectivity index (χ1n) is 8.30. The van der Waals surface area contributed by atoms with Crippen molar-refractivity contribution in [3.63, 3.8) is 0 Å². The molecule has 0 aromatic carbocycles. The number of hydrogen-bond donors (Lipinski definition) is 0. The maximum absolute atomic E-state index is 16.3. The standard InChI is InChI=1S/C21H27F5/c1-10-16(9)20(23,24)18(12-3,15(7)8)17(11-2,14(5)6)19(22,13-4)21(16,25)26/h10-11,13H,1-2,4-5,7,12H2,3,6,8-9H3. The van der Waals surface area contributed by atoms with Gasteiger partial charge in [-0.15, -0.1) is 13.2 Å². The molecule has 1 fully saturated rings. The molecule has 0 spiro atoms. The average molecular weight is 374 g/mol. The lowest BCUT2D eigenvalue weighted by Gasteiger charge is -2.68. The summed E-state index contributed by atoms with van der Waals surface area (Å²) in [6.45, 7) is 21.7. The van der Waals surface area contributed by atoms with Gasteiger partial charge in [-0.05, 0) is 33.3 Å². The van der Waals surface area contributed by atoms with Gasteiger partial charge in [-0.2, -0.15) is 0 Å². The zero-order valence-corrected chi connectivity index (χ0v) is 15.9. The highest BCUT2D eigenvalue weighted by Crippen LogP contribution is 2.78. The van der Waals surface area contributed by atoms with E-state index in [1.165, 1.54) is 20.8 Å². The number of rotatable bonds is 6. The average Bonchev–Trinajstić information content (AvgIpc) is 2.55. The second-order valence-electron chi connectivity index (χ2n) is 7.30. The van der Waals surface area contributed by atoms with E-state index < -0.39 is 33.8 Å². The Morgan fingerprint density at radius 1 is 0.808 bits per heavy atom. The largest absolute Gasteiger partial charge is 0.300 e. The van der Waals surface area contributed by atoms with Crippen LogP contribution in [0.15, 0.2) is 62.3 Å². The van der Waals surface area contributed by atoms with Crippen LogP contribution in [0.4, 0.5) is 22.0 Å². The summed E-state index contributed by atoms with van der Waals surface area (Å²) in [5.41, 5.74) is -12.1. The Morgan fingerprint density at radius 3 is 1.50 bits per heavy atom. The summed E-state index contributed by atoms with van der Waals surface area (Å²) in [4.78, 5) is 0. The smallest absolute Gasteiger partial charge is 0.231 e. The second-order valence-corrected chi connectivity index (χ2v) is 7.30. The first-order valence-corrected chi connectivity index (χ1v) is 8.30. The Morgan fingerprint density at radius 2 is 1.27 bits per heavy atom. The monoisotopic (exact) mass is 374 g/mol. The van der Waals surface area contributed by atoms with Crippen molar-refractivity contribution < 1.29 is 22.0 Å². The Labute approximate surface area is 152 Å². The summed E-state index contributed by atoms with van der Waals surface area (Å²) >= 11 is 0. The Balaban J connectivity index is 4.46. The molecule has 0 saturated heterocycles. The molecule has 0 amide bonds. The highest BCUT2D eigenvalue weighted by Gasteiger charge is 2.89. The van der Waals surface area contributed by atoms with E-state index in [1.807, 2.05) is 0 Å². The van der Waals surface area contributed by atoms with E-state index in [-0.39, 0.29) is 17.6 Å². The fraction of sp³-hybridized carbons (Fsp3) is 0.524. The highest BCUT2D eigenvalue weighted by atomic mass is 19.3. The molecule has 1 aliphatic carbocycles. The molecule has 1 saturated carbocycles. The highest BCUT2D eigenvalue weighted by molar-refractivity contribution is 5.48. The molecule has 0 aromatic rings. The van der Waals surface area contributed by atoms with Crippen molar-refractivity contribution in [2.24, 2.45) is 16.2 Å². The molecule has 5 heteroatoms. The summed E-state index contributed by atoms with van der Waals surface area (Å²) in [7, 11) is 0. The topological polar surface area (TPSA) is 0 Å². The lowest BCUT2D eigenvalue weighted by Crippen LogP contribution is -2.80. The molecule has 0 aliphatic heterocycles. The summed E-state index contributed by atoms with van der Waals surface area (Å²) in [5, 5.41) is 0. The van der Waals surface area contributed by atoms with Crippen molar-refractivity contribution in [3.05, 3.63) is 62.3 Å². The molecule has 0 radical (unpaired) electrons. The number of halogens is 5. The van der Waals surface area contributed by atoms with Crippen molar-refractivity contribution >= 4 is 0 Å². The van der Waals surface area contributed by atoms with Gasteiger partial charge in [0.25, 0.3) is 5.92 Å². The van der Waals surface area contributed by atoms with Crippen LogP contribution in [-0.4, -0.2) is 17.5 Å². The number of hydrogen-bond acceptors (Lipinski definition) is 0. The zero-order chi connectivity index (χ0) is 21.0. The summed E-state index contributed by atoms with van der Waals surface area (Å²) in [6, 6.07) is 0. The lowest BCUT2D eigenvalue weighted by atomic mass is 9.38. The quantitative estimate of drug-likeness (QED) is 0.344. The van der Waals surface area contributed by atoms with E-state index in [1.54, 1.807) is 0 Å². The molecule has 0 aromatic heterocycles. The molecule has 4 atom stereocenters. The molecule has 0 N–H and O–H groups in total. The first-order chi connectivity index (χ1) is 11.6. The van der Waals surface area contributed by atoms with Gasteiger partial charge in [0.15, 0.2) is 0 Å². The van der Waals surface area contributed by atoms with Crippen molar-refractivity contribution in [2.75, 3.05) is 0 Å². The Kier molecular flexibility index (Phi) is 5.11. The molecule has 1 aliphatic rings. The minimum atomic E-state index is -4.55. The van der Waals surface area contributed by atoms with Crippen LogP contribution in [0.3, 0.4) is 0 Å². The first kappa shape index (κ1) is 22.4. The van der Waals surface area contributed by atoms with Crippen LogP contribution in [0.25, 0.3) is 0 Å². The van der Waals surface area contributed by atoms with Gasteiger partial charge in [0.05, 0.1) is 10.8 Å². The van der Waals surface area contributed by atoms with Crippen LogP contribution < -0.4 is 0 Å². The van der Waals surface area contributed by atoms with Crippen LogP contribution >= 0.6 is 0 Å². The van der Waals surface area contributed by atoms with Gasteiger partial charge < -0.3 is 0 Å². The van der Waals surface area contributed by atoms with Gasteiger partial charge in [-0.25, -0.2) is 22.0 Å². The van der Waals surface area contributed by atoms with E-state index in [2.05, 4.69) is 32.9 Å². The fourth-order valence-electron chi connectivity index (χ4n) is 4.95. The summed E-state index contributed by atoms with van der Waals surface area (Å²) in [5.74, 6) is -8.66. The normalized spacial score (nSPS) is 41.1. The van der Waals surface area contributed by atoms with E-state index in [0.717, 1.165) is 6.08 Å². The molecule has 0 nitrogen and oxygen atoms in total. The maximum atomic E-state index is 16.3. The molecule has 4 unspecified atom stereocenters. The maximum Gasteiger partial charge on any atom is 0.300 e. The lowest BCUT2D eigenvalue weighted by molar-refractivity contribution is -0.360. The molecule has 26 heavy (non-hydrogen) atoms. The third-order valence-corrected chi connectivity index (χ3v) is 6.47. The number of allylic oxidation sites excluding steroid dienone is 5. The van der Waals surface area contributed by atoms with E-state index in [4.69, 9.17) is 0 Å². The van der Waals surface area contributed by atoms with E-state index in [0.29, 0.717) is 19.1 Å². The molecule has 146 valence electrons. The molecule has 0 bridgehead atoms. The Hall–Kier alpha value is -1.65. The van der Waals surface area contributed by atoms with E-state index in [9.17, 15) is 0 Å². The fourth-order valence-corrected chi connectivity index (χ4v) is 4.95. The van der Waals surface area contributed by atoms with Crippen molar-refractivity contribution in [1.82, 2.24) is 0 Å². The molecule has 0 heterocycles. The third kappa shape index (κ3) is 1.75. The predicted molar refractivity (Wildman–Crippen MR) is 97.2 cm³/mol.